The Bertz CT molecular complexity index is 473. The first-order chi connectivity index (χ1) is 10.1. The zero-order valence-corrected chi connectivity index (χ0v) is 12.4. The van der Waals surface area contributed by atoms with Crippen LogP contribution in [0.2, 0.25) is 0 Å². The lowest BCUT2D eigenvalue weighted by atomic mass is 10.0. The van der Waals surface area contributed by atoms with Crippen LogP contribution in [-0.4, -0.2) is 36.5 Å². The third-order valence-electron chi connectivity index (χ3n) is 3.85. The van der Waals surface area contributed by atoms with Gasteiger partial charge in [0.2, 0.25) is 5.91 Å². The summed E-state index contributed by atoms with van der Waals surface area (Å²) in [5.74, 6) is -1.51. The fourth-order valence-electron chi connectivity index (χ4n) is 2.68. The van der Waals surface area contributed by atoms with Gasteiger partial charge >= 0.3 is 0 Å². The Morgan fingerprint density at radius 2 is 2.10 bits per heavy atom. The molecule has 0 aliphatic carbocycles. The average molecular weight is 296 g/mol. The van der Waals surface area contributed by atoms with Gasteiger partial charge in [-0.2, -0.15) is 0 Å². The minimum Gasteiger partial charge on any atom is -0.341 e. The Kier molecular flexibility index (Phi) is 5.67. The first-order valence-electron chi connectivity index (χ1n) is 7.56. The van der Waals surface area contributed by atoms with Gasteiger partial charge in [-0.3, -0.25) is 4.79 Å². The van der Waals surface area contributed by atoms with Gasteiger partial charge in [0.1, 0.15) is 11.6 Å². The number of hydrogen-bond donors (Lipinski definition) is 1. The Hall–Kier alpha value is -1.49. The third-order valence-corrected chi connectivity index (χ3v) is 3.85. The molecule has 0 saturated carbocycles. The molecule has 1 N–H and O–H groups in total. The molecule has 1 aliphatic heterocycles. The van der Waals surface area contributed by atoms with Crippen LogP contribution in [0.5, 0.6) is 0 Å². The van der Waals surface area contributed by atoms with Crippen molar-refractivity contribution in [3.63, 3.8) is 0 Å². The second-order valence-electron chi connectivity index (χ2n) is 5.51. The number of benzene rings is 1. The molecule has 1 aromatic carbocycles. The molecular weight excluding hydrogens is 274 g/mol. The molecule has 0 bridgehead atoms. The van der Waals surface area contributed by atoms with Gasteiger partial charge in [-0.25, -0.2) is 8.78 Å². The fraction of sp³-hybridized carbons (Fsp3) is 0.562. The molecule has 1 unspecified atom stereocenters. The van der Waals surface area contributed by atoms with Gasteiger partial charge in [0.25, 0.3) is 0 Å². The Labute approximate surface area is 124 Å². The summed E-state index contributed by atoms with van der Waals surface area (Å²) in [5, 5.41) is 3.40. The number of nitrogens with one attached hydrogen (secondary N) is 1. The maximum absolute atomic E-state index is 13.6. The van der Waals surface area contributed by atoms with Crippen LogP contribution < -0.4 is 5.32 Å². The molecule has 21 heavy (non-hydrogen) atoms. The minimum atomic E-state index is -0.652. The second kappa shape index (κ2) is 7.50. The quantitative estimate of drug-likeness (QED) is 0.905. The van der Waals surface area contributed by atoms with E-state index in [9.17, 15) is 13.6 Å². The van der Waals surface area contributed by atoms with Crippen molar-refractivity contribution < 1.29 is 13.6 Å². The number of likely N-dealkylation sites (tertiary alicyclic amines) is 1. The summed E-state index contributed by atoms with van der Waals surface area (Å²) in [5.41, 5.74) is -0.133. The molecule has 2 rings (SSSR count). The molecule has 0 radical (unpaired) electrons. The summed E-state index contributed by atoms with van der Waals surface area (Å²) >= 11 is 0. The molecule has 0 aromatic heterocycles. The topological polar surface area (TPSA) is 32.3 Å². The summed E-state index contributed by atoms with van der Waals surface area (Å²) in [6.07, 6.45) is 2.80. The van der Waals surface area contributed by atoms with E-state index < -0.39 is 11.6 Å². The second-order valence-corrected chi connectivity index (χ2v) is 5.51. The first kappa shape index (κ1) is 15.9. The van der Waals surface area contributed by atoms with Crippen molar-refractivity contribution in [2.45, 2.75) is 38.6 Å². The van der Waals surface area contributed by atoms with Crippen LogP contribution in [-0.2, 0) is 11.2 Å². The van der Waals surface area contributed by atoms with Crippen LogP contribution in [0.3, 0.4) is 0 Å². The standard InChI is InChI=1S/C16H22F2N2O/c1-2-8-19-12-5-4-9-20(11-12)16(21)10-13-14(17)6-3-7-15(13)18/h3,6-7,12,19H,2,4-5,8-11H2,1H3. The lowest BCUT2D eigenvalue weighted by molar-refractivity contribution is -0.131. The predicted octanol–water partition coefficient (Wildman–Crippen LogP) is 2.50. The average Bonchev–Trinajstić information content (AvgIpc) is 2.49. The Balaban J connectivity index is 1.96. The lowest BCUT2D eigenvalue weighted by Crippen LogP contribution is -2.48. The van der Waals surface area contributed by atoms with Gasteiger partial charge in [-0.15, -0.1) is 0 Å². The number of carbonyl (C=O) groups is 1. The monoisotopic (exact) mass is 296 g/mol. The van der Waals surface area contributed by atoms with Crippen molar-refractivity contribution in [2.24, 2.45) is 0 Å². The highest BCUT2D eigenvalue weighted by Gasteiger charge is 2.24. The van der Waals surface area contributed by atoms with Gasteiger partial charge in [0.05, 0.1) is 6.42 Å². The molecule has 1 aliphatic rings. The van der Waals surface area contributed by atoms with Crippen LogP contribution in [0.4, 0.5) is 8.78 Å². The largest absolute Gasteiger partial charge is 0.341 e. The molecule has 1 fully saturated rings. The van der Waals surface area contributed by atoms with E-state index in [4.69, 9.17) is 0 Å². The highest BCUT2D eigenvalue weighted by atomic mass is 19.1. The summed E-state index contributed by atoms with van der Waals surface area (Å²) in [6.45, 7) is 4.31. The number of nitrogens with zero attached hydrogens (tertiary/aromatic N) is 1. The van der Waals surface area contributed by atoms with Crippen LogP contribution >= 0.6 is 0 Å². The number of halogens is 2. The molecular formula is C16H22F2N2O. The Morgan fingerprint density at radius 1 is 1.38 bits per heavy atom. The molecule has 1 saturated heterocycles. The highest BCUT2D eigenvalue weighted by Crippen LogP contribution is 2.16. The van der Waals surface area contributed by atoms with E-state index in [1.807, 2.05) is 0 Å². The fourth-order valence-corrected chi connectivity index (χ4v) is 2.68. The van der Waals surface area contributed by atoms with Crippen molar-refractivity contribution in [1.82, 2.24) is 10.2 Å². The number of rotatable bonds is 5. The highest BCUT2D eigenvalue weighted by molar-refractivity contribution is 5.79. The van der Waals surface area contributed by atoms with Crippen LogP contribution in [0.25, 0.3) is 0 Å². The van der Waals surface area contributed by atoms with E-state index >= 15 is 0 Å². The summed E-state index contributed by atoms with van der Waals surface area (Å²) in [7, 11) is 0. The van der Waals surface area contributed by atoms with E-state index in [2.05, 4.69) is 12.2 Å². The predicted molar refractivity (Wildman–Crippen MR) is 78.0 cm³/mol. The van der Waals surface area contributed by atoms with Crippen LogP contribution in [0, 0.1) is 11.6 Å². The van der Waals surface area contributed by atoms with Crippen molar-refractivity contribution >= 4 is 5.91 Å². The molecule has 3 nitrogen and oxygen atoms in total. The summed E-state index contributed by atoms with van der Waals surface area (Å²) in [4.78, 5) is 14.0. The first-order valence-corrected chi connectivity index (χ1v) is 7.56. The van der Waals surface area contributed by atoms with Crippen LogP contribution in [0.15, 0.2) is 18.2 Å². The number of carbonyl (C=O) groups excluding carboxylic acids is 1. The van der Waals surface area contributed by atoms with Crippen molar-refractivity contribution in [3.05, 3.63) is 35.4 Å². The molecule has 5 heteroatoms. The van der Waals surface area contributed by atoms with Crippen LogP contribution in [0.1, 0.15) is 31.7 Å². The maximum Gasteiger partial charge on any atom is 0.227 e. The van der Waals surface area contributed by atoms with Crippen molar-refractivity contribution in [3.8, 4) is 0 Å². The van der Waals surface area contributed by atoms with Crippen molar-refractivity contribution in [2.75, 3.05) is 19.6 Å². The molecule has 1 aromatic rings. The van der Waals surface area contributed by atoms with E-state index in [1.54, 1.807) is 4.90 Å². The number of piperidine rings is 1. The van der Waals surface area contributed by atoms with E-state index in [0.29, 0.717) is 13.1 Å². The van der Waals surface area contributed by atoms with Gasteiger partial charge in [-0.1, -0.05) is 13.0 Å². The maximum atomic E-state index is 13.6. The molecule has 116 valence electrons. The normalized spacial score (nSPS) is 18.8. The molecule has 1 amide bonds. The number of hydrogen-bond acceptors (Lipinski definition) is 2. The molecule has 1 heterocycles. The number of amides is 1. The van der Waals surface area contributed by atoms with Gasteiger partial charge in [-0.05, 0) is 37.9 Å². The van der Waals surface area contributed by atoms with Gasteiger partial charge in [0.15, 0.2) is 0 Å². The SMILES string of the molecule is CCCNC1CCCN(C(=O)Cc2c(F)cccc2F)C1. The van der Waals surface area contributed by atoms with E-state index in [-0.39, 0.29) is 23.9 Å². The molecule has 0 spiro atoms. The molecule has 1 atom stereocenters. The summed E-state index contributed by atoms with van der Waals surface area (Å²) in [6, 6.07) is 3.97. The third kappa shape index (κ3) is 4.24. The zero-order chi connectivity index (χ0) is 15.2. The lowest BCUT2D eigenvalue weighted by Gasteiger charge is -2.33. The zero-order valence-electron chi connectivity index (χ0n) is 12.4. The van der Waals surface area contributed by atoms with E-state index in [0.717, 1.165) is 25.8 Å². The van der Waals surface area contributed by atoms with Crippen molar-refractivity contribution in [1.29, 1.82) is 0 Å². The smallest absolute Gasteiger partial charge is 0.227 e. The van der Waals surface area contributed by atoms with E-state index in [1.165, 1.54) is 18.2 Å². The minimum absolute atomic E-state index is 0.133. The Morgan fingerprint density at radius 3 is 2.76 bits per heavy atom. The van der Waals surface area contributed by atoms with Gasteiger partial charge in [0, 0.05) is 24.7 Å². The summed E-state index contributed by atoms with van der Waals surface area (Å²) < 4.78 is 27.2. The van der Waals surface area contributed by atoms with Gasteiger partial charge < -0.3 is 10.2 Å².